The normalized spacial score (nSPS) is 20.2. The molecule has 144 valence electrons. The molecule has 1 aliphatic heterocycles. The van der Waals surface area contributed by atoms with Crippen molar-refractivity contribution in [1.82, 2.24) is 5.32 Å². The number of halogens is 3. The smallest absolute Gasteiger partial charge is 0.416 e. The van der Waals surface area contributed by atoms with Gasteiger partial charge in [0, 0.05) is 6.54 Å². The summed E-state index contributed by atoms with van der Waals surface area (Å²) in [7, 11) is 0. The average Bonchev–Trinajstić information content (AvgIpc) is 3.02. The lowest BCUT2D eigenvalue weighted by Gasteiger charge is -2.17. The molecule has 0 saturated carbocycles. The molecular formula is C17H20F3NO5. The predicted octanol–water partition coefficient (Wildman–Crippen LogP) is 2.74. The fourth-order valence-corrected chi connectivity index (χ4v) is 2.63. The van der Waals surface area contributed by atoms with Gasteiger partial charge in [0.15, 0.2) is 6.10 Å². The van der Waals surface area contributed by atoms with Crippen molar-refractivity contribution in [2.24, 2.45) is 0 Å². The van der Waals surface area contributed by atoms with Gasteiger partial charge >= 0.3 is 12.1 Å². The van der Waals surface area contributed by atoms with E-state index < -0.39 is 35.8 Å². The summed E-state index contributed by atoms with van der Waals surface area (Å²) in [6.07, 6.45) is -6.53. The monoisotopic (exact) mass is 375 g/mol. The van der Waals surface area contributed by atoms with E-state index in [1.807, 2.05) is 0 Å². The SMILES string of the molecule is CC(C)Oc1ccc(CNC(=O)[C@@H]2CC[C@H](C(=O)O)O2)c(C(F)(F)F)c1. The van der Waals surface area contributed by atoms with Gasteiger partial charge in [0.1, 0.15) is 11.9 Å². The molecule has 9 heteroatoms. The fourth-order valence-electron chi connectivity index (χ4n) is 2.63. The van der Waals surface area contributed by atoms with Crippen LogP contribution in [0.2, 0.25) is 0 Å². The second kappa shape index (κ2) is 7.94. The van der Waals surface area contributed by atoms with Crippen LogP contribution in [0.15, 0.2) is 18.2 Å². The summed E-state index contributed by atoms with van der Waals surface area (Å²) in [6.45, 7) is 3.05. The molecule has 1 aromatic carbocycles. The van der Waals surface area contributed by atoms with Gasteiger partial charge in [0.2, 0.25) is 5.91 Å². The summed E-state index contributed by atoms with van der Waals surface area (Å²) < 4.78 is 50.2. The quantitative estimate of drug-likeness (QED) is 0.799. The third kappa shape index (κ3) is 5.10. The average molecular weight is 375 g/mol. The molecule has 1 fully saturated rings. The van der Waals surface area contributed by atoms with Crippen LogP contribution < -0.4 is 10.1 Å². The van der Waals surface area contributed by atoms with Gasteiger partial charge in [0.05, 0.1) is 11.7 Å². The first-order valence-electron chi connectivity index (χ1n) is 8.10. The van der Waals surface area contributed by atoms with Gasteiger partial charge in [-0.1, -0.05) is 6.07 Å². The van der Waals surface area contributed by atoms with Crippen LogP contribution in [-0.4, -0.2) is 35.3 Å². The molecule has 0 bridgehead atoms. The number of carboxylic acid groups (broad SMARTS) is 1. The summed E-state index contributed by atoms with van der Waals surface area (Å²) in [6, 6.07) is 3.55. The highest BCUT2D eigenvalue weighted by Gasteiger charge is 2.36. The third-order valence-corrected chi connectivity index (χ3v) is 3.80. The molecule has 1 aromatic rings. The van der Waals surface area contributed by atoms with E-state index in [2.05, 4.69) is 5.32 Å². The highest BCUT2D eigenvalue weighted by molar-refractivity contribution is 5.82. The topological polar surface area (TPSA) is 84.9 Å². The highest BCUT2D eigenvalue weighted by atomic mass is 19.4. The van der Waals surface area contributed by atoms with E-state index in [9.17, 15) is 22.8 Å². The summed E-state index contributed by atoms with van der Waals surface area (Å²) in [5.41, 5.74) is -1.01. The van der Waals surface area contributed by atoms with E-state index in [1.54, 1.807) is 13.8 Å². The predicted molar refractivity (Wildman–Crippen MR) is 84.6 cm³/mol. The molecule has 0 radical (unpaired) electrons. The van der Waals surface area contributed by atoms with E-state index in [4.69, 9.17) is 14.6 Å². The number of hydrogen-bond donors (Lipinski definition) is 2. The summed E-state index contributed by atoms with van der Waals surface area (Å²) in [5.74, 6) is -1.71. The maximum atomic E-state index is 13.3. The Morgan fingerprint density at radius 1 is 1.31 bits per heavy atom. The van der Waals surface area contributed by atoms with Gasteiger partial charge < -0.3 is 19.9 Å². The zero-order valence-electron chi connectivity index (χ0n) is 14.3. The van der Waals surface area contributed by atoms with Crippen LogP contribution >= 0.6 is 0 Å². The number of amides is 1. The number of benzene rings is 1. The zero-order chi connectivity index (χ0) is 19.5. The van der Waals surface area contributed by atoms with Crippen molar-refractivity contribution >= 4 is 11.9 Å². The Morgan fingerprint density at radius 2 is 1.96 bits per heavy atom. The van der Waals surface area contributed by atoms with Gasteiger partial charge in [-0.3, -0.25) is 4.79 Å². The lowest BCUT2D eigenvalue weighted by molar-refractivity contribution is -0.152. The second-order valence-electron chi connectivity index (χ2n) is 6.23. The number of rotatable bonds is 6. The van der Waals surface area contributed by atoms with Crippen molar-refractivity contribution in [3.8, 4) is 5.75 Å². The molecule has 1 amide bonds. The van der Waals surface area contributed by atoms with E-state index in [0.29, 0.717) is 0 Å². The van der Waals surface area contributed by atoms with Gasteiger partial charge in [-0.2, -0.15) is 13.2 Å². The number of carbonyl (C=O) groups is 2. The molecule has 0 unspecified atom stereocenters. The Kier molecular flexibility index (Phi) is 6.12. The lowest BCUT2D eigenvalue weighted by atomic mass is 10.1. The molecule has 2 atom stereocenters. The van der Waals surface area contributed by atoms with Crippen LogP contribution in [0.5, 0.6) is 5.75 Å². The van der Waals surface area contributed by atoms with Crippen molar-refractivity contribution in [1.29, 1.82) is 0 Å². The minimum atomic E-state index is -4.60. The van der Waals surface area contributed by atoms with Crippen LogP contribution in [0.3, 0.4) is 0 Å². The van der Waals surface area contributed by atoms with Crippen LogP contribution in [0.1, 0.15) is 37.8 Å². The first kappa shape index (κ1) is 20.0. The largest absolute Gasteiger partial charge is 0.491 e. The number of carboxylic acids is 1. The molecule has 2 rings (SSSR count). The van der Waals surface area contributed by atoms with Crippen molar-refractivity contribution in [3.63, 3.8) is 0 Å². The second-order valence-corrected chi connectivity index (χ2v) is 6.23. The Hall–Kier alpha value is -2.29. The summed E-state index contributed by atoms with van der Waals surface area (Å²) in [4.78, 5) is 22.8. The molecule has 0 spiro atoms. The number of hydrogen-bond acceptors (Lipinski definition) is 4. The number of ether oxygens (including phenoxy) is 2. The van der Waals surface area contributed by atoms with E-state index in [0.717, 1.165) is 6.07 Å². The number of carbonyl (C=O) groups excluding carboxylic acids is 1. The maximum absolute atomic E-state index is 13.3. The Labute approximate surface area is 148 Å². The Morgan fingerprint density at radius 3 is 2.50 bits per heavy atom. The first-order chi connectivity index (χ1) is 12.1. The molecular weight excluding hydrogens is 355 g/mol. The van der Waals surface area contributed by atoms with Crippen LogP contribution in [0.25, 0.3) is 0 Å². The molecule has 2 N–H and O–H groups in total. The number of alkyl halides is 3. The molecule has 0 aliphatic carbocycles. The number of aliphatic carboxylic acids is 1. The Bertz CT molecular complexity index is 675. The molecule has 1 aliphatic rings. The molecule has 0 aromatic heterocycles. The van der Waals surface area contributed by atoms with Crippen LogP contribution in [-0.2, 0) is 27.0 Å². The highest BCUT2D eigenvalue weighted by Crippen LogP contribution is 2.34. The van der Waals surface area contributed by atoms with Gasteiger partial charge in [-0.15, -0.1) is 0 Å². The van der Waals surface area contributed by atoms with Crippen molar-refractivity contribution < 1.29 is 37.3 Å². The van der Waals surface area contributed by atoms with Crippen molar-refractivity contribution in [3.05, 3.63) is 29.3 Å². The zero-order valence-corrected chi connectivity index (χ0v) is 14.3. The number of nitrogens with one attached hydrogen (secondary N) is 1. The van der Waals surface area contributed by atoms with E-state index in [-0.39, 0.29) is 36.8 Å². The van der Waals surface area contributed by atoms with Gasteiger partial charge in [-0.05, 0) is 44.4 Å². The fraction of sp³-hybridized carbons (Fsp3) is 0.529. The third-order valence-electron chi connectivity index (χ3n) is 3.80. The Balaban J connectivity index is 2.06. The molecule has 1 saturated heterocycles. The maximum Gasteiger partial charge on any atom is 0.416 e. The molecule has 26 heavy (non-hydrogen) atoms. The van der Waals surface area contributed by atoms with Crippen LogP contribution in [0.4, 0.5) is 13.2 Å². The summed E-state index contributed by atoms with van der Waals surface area (Å²) >= 11 is 0. The minimum Gasteiger partial charge on any atom is -0.491 e. The van der Waals surface area contributed by atoms with E-state index in [1.165, 1.54) is 12.1 Å². The van der Waals surface area contributed by atoms with Crippen LogP contribution in [0, 0.1) is 0 Å². The van der Waals surface area contributed by atoms with Gasteiger partial charge in [-0.25, -0.2) is 4.79 Å². The van der Waals surface area contributed by atoms with Crippen molar-refractivity contribution in [2.75, 3.05) is 0 Å². The minimum absolute atomic E-state index is 0.0887. The molecule has 1 heterocycles. The van der Waals surface area contributed by atoms with E-state index >= 15 is 0 Å². The molecule has 6 nitrogen and oxygen atoms in total. The first-order valence-corrected chi connectivity index (χ1v) is 8.10. The lowest BCUT2D eigenvalue weighted by Crippen LogP contribution is -2.35. The summed E-state index contributed by atoms with van der Waals surface area (Å²) in [5, 5.41) is 11.2. The standard InChI is InChI=1S/C17H20F3NO5/c1-9(2)25-11-4-3-10(12(7-11)17(18,19)20)8-21-15(22)13-5-6-14(26-13)16(23)24/h3-4,7,9,13-14H,5-6,8H2,1-2H3,(H,21,22)(H,23,24)/t13-,14+/m0/s1. The van der Waals surface area contributed by atoms with Crippen molar-refractivity contribution in [2.45, 2.75) is 57.7 Å². The van der Waals surface area contributed by atoms with Gasteiger partial charge in [0.25, 0.3) is 0 Å².